The van der Waals surface area contributed by atoms with Gasteiger partial charge in [0.25, 0.3) is 0 Å². The first-order valence-electron chi connectivity index (χ1n) is 10.0. The first-order valence-corrected chi connectivity index (χ1v) is 10.0. The summed E-state index contributed by atoms with van der Waals surface area (Å²) in [6.07, 6.45) is 6.38. The molecule has 140 valence electrons. The Labute approximate surface area is 150 Å². The van der Waals surface area contributed by atoms with Gasteiger partial charge in [0.2, 0.25) is 0 Å². The second-order valence-corrected chi connectivity index (χ2v) is 8.83. The summed E-state index contributed by atoms with van der Waals surface area (Å²) in [6, 6.07) is 0. The molecule has 5 nitrogen and oxygen atoms in total. The summed E-state index contributed by atoms with van der Waals surface area (Å²) in [7, 11) is 0. The maximum atomic E-state index is 11.9. The van der Waals surface area contributed by atoms with Crippen LogP contribution in [0, 0.1) is 23.7 Å². The summed E-state index contributed by atoms with van der Waals surface area (Å²) in [5.74, 6) is 1.29. The van der Waals surface area contributed by atoms with Gasteiger partial charge in [-0.05, 0) is 63.5 Å². The van der Waals surface area contributed by atoms with Gasteiger partial charge in [-0.2, -0.15) is 0 Å². The molecule has 2 saturated carbocycles. The minimum absolute atomic E-state index is 0.148. The number of piperidine rings is 2. The highest BCUT2D eigenvalue weighted by atomic mass is 16.6. The normalized spacial score (nSPS) is 46.0. The predicted octanol–water partition coefficient (Wildman–Crippen LogP) is 2.77. The van der Waals surface area contributed by atoms with E-state index in [-0.39, 0.29) is 29.7 Å². The fraction of sp³-hybridized carbons (Fsp3) is 0.900. The van der Waals surface area contributed by atoms with E-state index in [0.717, 1.165) is 32.4 Å². The molecule has 0 aromatic carbocycles. The van der Waals surface area contributed by atoms with E-state index in [1.54, 1.807) is 0 Å². The third kappa shape index (κ3) is 2.61. The molecule has 2 aliphatic heterocycles. The molecule has 7 unspecified atom stereocenters. The van der Waals surface area contributed by atoms with Crippen LogP contribution >= 0.6 is 0 Å². The van der Waals surface area contributed by atoms with E-state index in [1.165, 1.54) is 33.1 Å². The van der Waals surface area contributed by atoms with Gasteiger partial charge in [-0.1, -0.05) is 6.92 Å². The van der Waals surface area contributed by atoms with Gasteiger partial charge in [-0.25, -0.2) is 0 Å². The molecular weight excluding hydrogens is 318 g/mol. The minimum atomic E-state index is -0.281. The number of esters is 2. The van der Waals surface area contributed by atoms with Gasteiger partial charge < -0.3 is 9.47 Å². The van der Waals surface area contributed by atoms with Crippen LogP contribution in [-0.4, -0.2) is 47.7 Å². The molecule has 4 fully saturated rings. The second kappa shape index (κ2) is 6.26. The highest BCUT2D eigenvalue weighted by molar-refractivity contribution is 5.67. The second-order valence-electron chi connectivity index (χ2n) is 8.83. The number of nitrogens with zero attached hydrogens (tertiary/aromatic N) is 1. The Hall–Kier alpha value is -1.10. The number of carbonyl (C=O) groups excluding carboxylic acids is 2. The monoisotopic (exact) mass is 349 g/mol. The Morgan fingerprint density at radius 2 is 1.56 bits per heavy atom. The van der Waals surface area contributed by atoms with Crippen molar-refractivity contribution in [3.05, 3.63) is 0 Å². The topological polar surface area (TPSA) is 55.8 Å². The predicted molar refractivity (Wildman–Crippen MR) is 92.7 cm³/mol. The van der Waals surface area contributed by atoms with E-state index in [9.17, 15) is 9.59 Å². The molecule has 2 aliphatic carbocycles. The van der Waals surface area contributed by atoms with Gasteiger partial charge in [0.1, 0.15) is 12.2 Å². The first-order chi connectivity index (χ1) is 11.9. The van der Waals surface area contributed by atoms with Gasteiger partial charge in [0, 0.05) is 31.2 Å². The smallest absolute Gasteiger partial charge is 0.303 e. The SMILES string of the molecule is CC(=O)OC1C2CC(C)CC34C2CCCN3CCCC4C1OC(C)=O. The summed E-state index contributed by atoms with van der Waals surface area (Å²) in [6.45, 7) is 7.63. The van der Waals surface area contributed by atoms with Crippen LogP contribution in [0.1, 0.15) is 59.3 Å². The maximum Gasteiger partial charge on any atom is 0.303 e. The van der Waals surface area contributed by atoms with Crippen LogP contribution in [0.15, 0.2) is 0 Å². The number of rotatable bonds is 2. The van der Waals surface area contributed by atoms with Crippen molar-refractivity contribution >= 4 is 11.9 Å². The van der Waals surface area contributed by atoms with Gasteiger partial charge in [-0.15, -0.1) is 0 Å². The number of hydrogen-bond donors (Lipinski definition) is 0. The van der Waals surface area contributed by atoms with Crippen molar-refractivity contribution < 1.29 is 19.1 Å². The van der Waals surface area contributed by atoms with E-state index < -0.39 is 0 Å². The van der Waals surface area contributed by atoms with Crippen molar-refractivity contribution in [1.29, 1.82) is 0 Å². The lowest BCUT2D eigenvalue weighted by atomic mass is 9.47. The van der Waals surface area contributed by atoms with Crippen LogP contribution in [0.2, 0.25) is 0 Å². The van der Waals surface area contributed by atoms with E-state index >= 15 is 0 Å². The van der Waals surface area contributed by atoms with Crippen molar-refractivity contribution in [3.63, 3.8) is 0 Å². The molecule has 0 radical (unpaired) electrons. The quantitative estimate of drug-likeness (QED) is 0.718. The van der Waals surface area contributed by atoms with Crippen LogP contribution in [0.25, 0.3) is 0 Å². The Morgan fingerprint density at radius 1 is 0.960 bits per heavy atom. The van der Waals surface area contributed by atoms with Crippen LogP contribution < -0.4 is 0 Å². The zero-order chi connectivity index (χ0) is 17.8. The Bertz CT molecular complexity index is 562. The van der Waals surface area contributed by atoms with E-state index in [1.807, 2.05) is 0 Å². The minimum Gasteiger partial charge on any atom is -0.458 e. The van der Waals surface area contributed by atoms with Gasteiger partial charge in [-0.3, -0.25) is 14.5 Å². The number of ether oxygens (including phenoxy) is 2. The van der Waals surface area contributed by atoms with Crippen molar-refractivity contribution in [1.82, 2.24) is 4.90 Å². The van der Waals surface area contributed by atoms with Crippen molar-refractivity contribution in [3.8, 4) is 0 Å². The van der Waals surface area contributed by atoms with Crippen LogP contribution in [0.5, 0.6) is 0 Å². The summed E-state index contributed by atoms with van der Waals surface area (Å²) in [5, 5.41) is 0. The molecule has 25 heavy (non-hydrogen) atoms. The summed E-state index contributed by atoms with van der Waals surface area (Å²) < 4.78 is 11.7. The lowest BCUT2D eigenvalue weighted by Crippen LogP contribution is -2.75. The highest BCUT2D eigenvalue weighted by Gasteiger charge is 2.66. The molecule has 0 aromatic rings. The Kier molecular flexibility index (Phi) is 4.33. The average molecular weight is 349 g/mol. The Balaban J connectivity index is 1.80. The van der Waals surface area contributed by atoms with Gasteiger partial charge in [0.15, 0.2) is 0 Å². The lowest BCUT2D eigenvalue weighted by molar-refractivity contribution is -0.248. The molecule has 4 rings (SSSR count). The molecule has 0 amide bonds. The fourth-order valence-corrected chi connectivity index (χ4v) is 7.03. The zero-order valence-corrected chi connectivity index (χ0v) is 15.7. The molecule has 7 atom stereocenters. The molecule has 0 aromatic heterocycles. The number of carbonyl (C=O) groups is 2. The summed E-state index contributed by atoms with van der Waals surface area (Å²) in [5.41, 5.74) is 0.148. The van der Waals surface area contributed by atoms with Gasteiger partial charge >= 0.3 is 11.9 Å². The van der Waals surface area contributed by atoms with Crippen LogP contribution in [0.4, 0.5) is 0 Å². The van der Waals surface area contributed by atoms with E-state index in [4.69, 9.17) is 9.47 Å². The molecule has 0 N–H and O–H groups in total. The lowest BCUT2D eigenvalue weighted by Gasteiger charge is -2.68. The molecule has 2 bridgehead atoms. The third-order valence-corrected chi connectivity index (χ3v) is 7.37. The molecule has 1 spiro atoms. The van der Waals surface area contributed by atoms with Crippen molar-refractivity contribution in [2.24, 2.45) is 23.7 Å². The molecule has 2 heterocycles. The highest BCUT2D eigenvalue weighted by Crippen LogP contribution is 2.61. The summed E-state index contributed by atoms with van der Waals surface area (Å²) in [4.78, 5) is 26.4. The zero-order valence-electron chi connectivity index (χ0n) is 15.7. The fourth-order valence-electron chi connectivity index (χ4n) is 7.03. The standard InChI is InChI=1S/C20H31NO4/c1-12-10-15-16-6-4-8-21-9-5-7-17(20(16,21)11-12)19(25-14(3)23)18(15)24-13(2)22/h12,15-19H,4-11H2,1-3H3. The third-order valence-electron chi connectivity index (χ3n) is 7.37. The average Bonchev–Trinajstić information content (AvgIpc) is 2.53. The van der Waals surface area contributed by atoms with Crippen molar-refractivity contribution in [2.45, 2.75) is 77.0 Å². The van der Waals surface area contributed by atoms with E-state index in [0.29, 0.717) is 23.7 Å². The van der Waals surface area contributed by atoms with Gasteiger partial charge in [0.05, 0.1) is 0 Å². The van der Waals surface area contributed by atoms with E-state index in [2.05, 4.69) is 11.8 Å². The Morgan fingerprint density at radius 3 is 2.20 bits per heavy atom. The molecule has 5 heteroatoms. The first kappa shape index (κ1) is 17.3. The van der Waals surface area contributed by atoms with Crippen LogP contribution in [-0.2, 0) is 19.1 Å². The molecular formula is C20H31NO4. The maximum absolute atomic E-state index is 11.9. The van der Waals surface area contributed by atoms with Crippen LogP contribution in [0.3, 0.4) is 0 Å². The number of hydrogen-bond acceptors (Lipinski definition) is 5. The summed E-state index contributed by atoms with van der Waals surface area (Å²) >= 11 is 0. The molecule has 4 aliphatic rings. The largest absolute Gasteiger partial charge is 0.458 e. The van der Waals surface area contributed by atoms with Crippen molar-refractivity contribution in [2.75, 3.05) is 13.1 Å². The molecule has 2 saturated heterocycles.